The standard InChI is InChI=1S/C17H36N2O2/c1-5-6-9-19(10-11-20)15-17(7-12-21-13-8-17)14-18-16(2,3)4/h18,20H,5-15H2,1-4H3. The Balaban J connectivity index is 2.65. The van der Waals surface area contributed by atoms with E-state index in [2.05, 4.69) is 37.9 Å². The summed E-state index contributed by atoms with van der Waals surface area (Å²) < 4.78 is 5.58. The Morgan fingerprint density at radius 1 is 1.19 bits per heavy atom. The van der Waals surface area contributed by atoms with Crippen LogP contribution in [0.4, 0.5) is 0 Å². The fourth-order valence-corrected chi connectivity index (χ4v) is 2.92. The van der Waals surface area contributed by atoms with Crippen LogP contribution in [-0.2, 0) is 4.74 Å². The first-order chi connectivity index (χ1) is 9.91. The zero-order valence-electron chi connectivity index (χ0n) is 14.6. The van der Waals surface area contributed by atoms with Crippen LogP contribution >= 0.6 is 0 Å². The average molecular weight is 300 g/mol. The molecule has 0 aromatic carbocycles. The number of hydrogen-bond donors (Lipinski definition) is 2. The van der Waals surface area contributed by atoms with Gasteiger partial charge in [0, 0.05) is 38.4 Å². The van der Waals surface area contributed by atoms with Crippen LogP contribution in [0.5, 0.6) is 0 Å². The van der Waals surface area contributed by atoms with E-state index in [0.717, 1.165) is 52.2 Å². The predicted molar refractivity (Wildman–Crippen MR) is 88.7 cm³/mol. The number of ether oxygens (including phenoxy) is 1. The number of unbranched alkanes of at least 4 members (excludes halogenated alkanes) is 1. The molecule has 0 spiro atoms. The Labute approximate surface area is 131 Å². The molecule has 2 N–H and O–H groups in total. The van der Waals surface area contributed by atoms with Crippen LogP contribution in [0.3, 0.4) is 0 Å². The van der Waals surface area contributed by atoms with Gasteiger partial charge in [-0.05, 0) is 52.0 Å². The Kier molecular flexibility index (Phi) is 8.17. The highest BCUT2D eigenvalue weighted by Crippen LogP contribution is 2.31. The lowest BCUT2D eigenvalue weighted by Crippen LogP contribution is -2.51. The molecule has 0 amide bonds. The Hall–Kier alpha value is -0.160. The Bertz CT molecular complexity index is 270. The first-order valence-corrected chi connectivity index (χ1v) is 8.57. The largest absolute Gasteiger partial charge is 0.395 e. The molecule has 1 fully saturated rings. The fourth-order valence-electron chi connectivity index (χ4n) is 2.92. The van der Waals surface area contributed by atoms with Crippen LogP contribution in [0.25, 0.3) is 0 Å². The van der Waals surface area contributed by atoms with Gasteiger partial charge in [0.05, 0.1) is 6.61 Å². The minimum absolute atomic E-state index is 0.149. The van der Waals surface area contributed by atoms with Crippen molar-refractivity contribution >= 4 is 0 Å². The van der Waals surface area contributed by atoms with E-state index in [0.29, 0.717) is 0 Å². The van der Waals surface area contributed by atoms with Crippen molar-refractivity contribution in [1.29, 1.82) is 0 Å². The van der Waals surface area contributed by atoms with E-state index < -0.39 is 0 Å². The van der Waals surface area contributed by atoms with Crippen molar-refractivity contribution in [3.05, 3.63) is 0 Å². The molecule has 21 heavy (non-hydrogen) atoms. The molecule has 1 aliphatic rings. The average Bonchev–Trinajstić information content (AvgIpc) is 2.43. The number of hydrogen-bond acceptors (Lipinski definition) is 4. The first-order valence-electron chi connectivity index (χ1n) is 8.57. The summed E-state index contributed by atoms with van der Waals surface area (Å²) in [5.41, 5.74) is 0.435. The molecule has 0 aromatic rings. The van der Waals surface area contributed by atoms with E-state index in [-0.39, 0.29) is 17.6 Å². The second-order valence-electron chi connectivity index (χ2n) is 7.57. The van der Waals surface area contributed by atoms with Gasteiger partial charge < -0.3 is 20.1 Å². The summed E-state index contributed by atoms with van der Waals surface area (Å²) in [5.74, 6) is 0. The van der Waals surface area contributed by atoms with Gasteiger partial charge in [0.25, 0.3) is 0 Å². The molecule has 0 unspecified atom stereocenters. The second-order valence-corrected chi connectivity index (χ2v) is 7.57. The summed E-state index contributed by atoms with van der Waals surface area (Å²) in [4.78, 5) is 2.44. The molecule has 0 aliphatic carbocycles. The topological polar surface area (TPSA) is 44.7 Å². The van der Waals surface area contributed by atoms with E-state index >= 15 is 0 Å². The van der Waals surface area contributed by atoms with Gasteiger partial charge in [-0.1, -0.05) is 13.3 Å². The molecule has 1 heterocycles. The molecular weight excluding hydrogens is 264 g/mol. The van der Waals surface area contributed by atoms with Crippen molar-refractivity contribution in [2.24, 2.45) is 5.41 Å². The summed E-state index contributed by atoms with van der Waals surface area (Å²) in [6.07, 6.45) is 4.64. The van der Waals surface area contributed by atoms with Gasteiger partial charge >= 0.3 is 0 Å². The molecule has 1 saturated heterocycles. The zero-order chi connectivity index (χ0) is 15.8. The first kappa shape index (κ1) is 18.9. The van der Waals surface area contributed by atoms with Crippen LogP contribution in [-0.4, -0.2) is 61.5 Å². The van der Waals surface area contributed by atoms with E-state index in [1.807, 2.05) is 0 Å². The fraction of sp³-hybridized carbons (Fsp3) is 1.00. The Morgan fingerprint density at radius 2 is 1.86 bits per heavy atom. The summed E-state index contributed by atoms with van der Waals surface area (Å²) in [6, 6.07) is 0. The normalized spacial score (nSPS) is 19.1. The van der Waals surface area contributed by atoms with Gasteiger partial charge in [-0.2, -0.15) is 0 Å². The van der Waals surface area contributed by atoms with Gasteiger partial charge in [0.1, 0.15) is 0 Å². The number of aliphatic hydroxyl groups is 1. The summed E-state index contributed by atoms with van der Waals surface area (Å²) >= 11 is 0. The zero-order valence-corrected chi connectivity index (χ0v) is 14.6. The number of aliphatic hydroxyl groups excluding tert-OH is 1. The SMILES string of the molecule is CCCCN(CCO)CC1(CNC(C)(C)C)CCOCC1. The van der Waals surface area contributed by atoms with Crippen molar-refractivity contribution < 1.29 is 9.84 Å². The maximum Gasteiger partial charge on any atom is 0.0558 e. The molecular formula is C17H36N2O2. The third kappa shape index (κ3) is 7.59. The highest BCUT2D eigenvalue weighted by Gasteiger charge is 2.35. The number of nitrogens with zero attached hydrogens (tertiary/aromatic N) is 1. The molecule has 1 rings (SSSR count). The van der Waals surface area contributed by atoms with Crippen molar-refractivity contribution in [2.75, 3.05) is 46.0 Å². The lowest BCUT2D eigenvalue weighted by atomic mass is 9.79. The van der Waals surface area contributed by atoms with Gasteiger partial charge in [-0.15, -0.1) is 0 Å². The molecule has 0 aromatic heterocycles. The van der Waals surface area contributed by atoms with Crippen LogP contribution < -0.4 is 5.32 Å². The maximum absolute atomic E-state index is 9.33. The molecule has 1 aliphatic heterocycles. The second kappa shape index (κ2) is 9.09. The quantitative estimate of drug-likeness (QED) is 0.685. The van der Waals surface area contributed by atoms with E-state index in [1.54, 1.807) is 0 Å². The van der Waals surface area contributed by atoms with Crippen molar-refractivity contribution in [3.63, 3.8) is 0 Å². The maximum atomic E-state index is 9.33. The lowest BCUT2D eigenvalue weighted by Gasteiger charge is -2.42. The lowest BCUT2D eigenvalue weighted by molar-refractivity contribution is -0.00935. The van der Waals surface area contributed by atoms with Crippen molar-refractivity contribution in [3.8, 4) is 0 Å². The Morgan fingerprint density at radius 3 is 2.38 bits per heavy atom. The predicted octanol–water partition coefficient (Wildman–Crippen LogP) is 2.27. The minimum Gasteiger partial charge on any atom is -0.395 e. The molecule has 4 nitrogen and oxygen atoms in total. The summed E-state index contributed by atoms with van der Waals surface area (Å²) in [5, 5.41) is 13.0. The van der Waals surface area contributed by atoms with Gasteiger partial charge in [-0.3, -0.25) is 0 Å². The summed E-state index contributed by atoms with van der Waals surface area (Å²) in [6.45, 7) is 14.9. The third-order valence-corrected chi connectivity index (χ3v) is 4.35. The van der Waals surface area contributed by atoms with Gasteiger partial charge in [0.15, 0.2) is 0 Å². The van der Waals surface area contributed by atoms with E-state index in [1.165, 1.54) is 12.8 Å². The molecule has 4 heteroatoms. The van der Waals surface area contributed by atoms with Crippen molar-refractivity contribution in [1.82, 2.24) is 10.2 Å². The highest BCUT2D eigenvalue weighted by molar-refractivity contribution is 4.89. The van der Waals surface area contributed by atoms with Gasteiger partial charge in [0.2, 0.25) is 0 Å². The number of rotatable bonds is 9. The van der Waals surface area contributed by atoms with Crippen LogP contribution in [0.1, 0.15) is 53.4 Å². The molecule has 0 radical (unpaired) electrons. The van der Waals surface area contributed by atoms with Gasteiger partial charge in [-0.25, -0.2) is 0 Å². The van der Waals surface area contributed by atoms with Crippen LogP contribution in [0.2, 0.25) is 0 Å². The smallest absolute Gasteiger partial charge is 0.0558 e. The van der Waals surface area contributed by atoms with Crippen molar-refractivity contribution in [2.45, 2.75) is 58.9 Å². The monoisotopic (exact) mass is 300 g/mol. The van der Waals surface area contributed by atoms with Crippen LogP contribution in [0.15, 0.2) is 0 Å². The van der Waals surface area contributed by atoms with E-state index in [4.69, 9.17) is 4.74 Å². The van der Waals surface area contributed by atoms with Crippen LogP contribution in [0, 0.1) is 5.41 Å². The van der Waals surface area contributed by atoms with E-state index in [9.17, 15) is 5.11 Å². The third-order valence-electron chi connectivity index (χ3n) is 4.35. The summed E-state index contributed by atoms with van der Waals surface area (Å²) in [7, 11) is 0. The minimum atomic E-state index is 0.149. The highest BCUT2D eigenvalue weighted by atomic mass is 16.5. The molecule has 0 saturated carbocycles. The molecule has 0 bridgehead atoms. The number of nitrogens with one attached hydrogen (secondary N) is 1. The molecule has 126 valence electrons. The molecule has 0 atom stereocenters.